The molecule has 0 bridgehead atoms. The maximum atomic E-state index is 13.3. The molecule has 2 aromatic rings. The zero-order chi connectivity index (χ0) is 19.4. The molecule has 1 saturated heterocycles. The standard InChI is InChI=1S/C21H22ClNO3S/c1-3-11-26-21(25)18-13-27-20(16-5-4-6-17(22)12-16)23(18)19(24)15-9-7-14(2)8-10-15/h4-10,12,18,20H,3,11,13H2,1-2H3. The lowest BCUT2D eigenvalue weighted by Crippen LogP contribution is -2.44. The van der Waals surface area contributed by atoms with Crippen LogP contribution in [0.3, 0.4) is 0 Å². The van der Waals surface area contributed by atoms with Crippen LogP contribution in [-0.2, 0) is 9.53 Å². The SMILES string of the molecule is CCCOC(=O)C1CSC(c2cccc(Cl)c2)N1C(=O)c1ccc(C)cc1. The molecule has 0 radical (unpaired) electrons. The van der Waals surface area contributed by atoms with Gasteiger partial charge in [0.2, 0.25) is 0 Å². The van der Waals surface area contributed by atoms with Crippen LogP contribution in [0.2, 0.25) is 5.02 Å². The van der Waals surface area contributed by atoms with E-state index < -0.39 is 6.04 Å². The van der Waals surface area contributed by atoms with E-state index in [9.17, 15) is 9.59 Å². The van der Waals surface area contributed by atoms with Crippen LogP contribution in [0, 0.1) is 6.92 Å². The Hall–Kier alpha value is -1.98. The van der Waals surface area contributed by atoms with Crippen LogP contribution in [0.1, 0.15) is 40.2 Å². The molecule has 1 fully saturated rings. The average molecular weight is 404 g/mol. The Labute approximate surface area is 168 Å². The van der Waals surface area contributed by atoms with Crippen molar-refractivity contribution in [2.45, 2.75) is 31.7 Å². The van der Waals surface area contributed by atoms with Gasteiger partial charge in [-0.2, -0.15) is 0 Å². The van der Waals surface area contributed by atoms with E-state index in [1.54, 1.807) is 34.9 Å². The van der Waals surface area contributed by atoms with Gasteiger partial charge in [0.05, 0.1) is 6.61 Å². The van der Waals surface area contributed by atoms with E-state index in [0.29, 0.717) is 22.9 Å². The fourth-order valence-electron chi connectivity index (χ4n) is 3.00. The Morgan fingerprint density at radius 1 is 1.22 bits per heavy atom. The molecule has 6 heteroatoms. The van der Waals surface area contributed by atoms with Crippen molar-refractivity contribution in [3.63, 3.8) is 0 Å². The van der Waals surface area contributed by atoms with E-state index in [1.807, 2.05) is 44.2 Å². The summed E-state index contributed by atoms with van der Waals surface area (Å²) in [4.78, 5) is 27.5. The number of aryl methyl sites for hydroxylation is 1. The highest BCUT2D eigenvalue weighted by atomic mass is 35.5. The van der Waals surface area contributed by atoms with Gasteiger partial charge in [-0.3, -0.25) is 4.79 Å². The van der Waals surface area contributed by atoms with Gasteiger partial charge in [-0.1, -0.05) is 48.4 Å². The predicted molar refractivity (Wildman–Crippen MR) is 109 cm³/mol. The van der Waals surface area contributed by atoms with Crippen molar-refractivity contribution in [3.8, 4) is 0 Å². The van der Waals surface area contributed by atoms with Crippen molar-refractivity contribution in [1.82, 2.24) is 4.90 Å². The molecule has 2 aromatic carbocycles. The number of rotatable bonds is 5. The minimum atomic E-state index is -0.612. The fourth-order valence-corrected chi connectivity index (χ4v) is 4.60. The van der Waals surface area contributed by atoms with Gasteiger partial charge in [-0.15, -0.1) is 11.8 Å². The first-order valence-electron chi connectivity index (χ1n) is 8.94. The normalized spacial score (nSPS) is 19.1. The lowest BCUT2D eigenvalue weighted by Gasteiger charge is -2.29. The molecule has 0 spiro atoms. The Balaban J connectivity index is 1.94. The van der Waals surface area contributed by atoms with E-state index in [0.717, 1.165) is 17.5 Å². The van der Waals surface area contributed by atoms with Crippen LogP contribution in [0.5, 0.6) is 0 Å². The number of carbonyl (C=O) groups is 2. The maximum Gasteiger partial charge on any atom is 0.329 e. The molecule has 0 aromatic heterocycles. The molecule has 1 aliphatic heterocycles. The average Bonchev–Trinajstić information content (AvgIpc) is 3.11. The molecule has 0 saturated carbocycles. The van der Waals surface area contributed by atoms with Crippen LogP contribution in [0.4, 0.5) is 0 Å². The van der Waals surface area contributed by atoms with E-state index in [-0.39, 0.29) is 17.3 Å². The fraction of sp³-hybridized carbons (Fsp3) is 0.333. The highest BCUT2D eigenvalue weighted by molar-refractivity contribution is 7.99. The quantitative estimate of drug-likeness (QED) is 0.669. The molecule has 1 amide bonds. The van der Waals surface area contributed by atoms with Gasteiger partial charge >= 0.3 is 5.97 Å². The van der Waals surface area contributed by atoms with Crippen molar-refractivity contribution >= 4 is 35.2 Å². The summed E-state index contributed by atoms with van der Waals surface area (Å²) in [7, 11) is 0. The predicted octanol–water partition coefficient (Wildman–Crippen LogP) is 4.86. The summed E-state index contributed by atoms with van der Waals surface area (Å²) in [5, 5.41) is 0.324. The number of benzene rings is 2. The number of nitrogens with zero attached hydrogens (tertiary/aromatic N) is 1. The summed E-state index contributed by atoms with van der Waals surface area (Å²) in [6.07, 6.45) is 0.745. The number of ether oxygens (including phenoxy) is 1. The molecular weight excluding hydrogens is 382 g/mol. The van der Waals surface area contributed by atoms with E-state index in [1.165, 1.54) is 0 Å². The van der Waals surface area contributed by atoms with Gasteiger partial charge in [-0.25, -0.2) is 4.79 Å². The zero-order valence-corrected chi connectivity index (χ0v) is 16.9. The lowest BCUT2D eigenvalue weighted by molar-refractivity contribution is -0.148. The van der Waals surface area contributed by atoms with Crippen LogP contribution in [0.15, 0.2) is 48.5 Å². The van der Waals surface area contributed by atoms with Gasteiger partial charge < -0.3 is 9.64 Å². The number of esters is 1. The van der Waals surface area contributed by atoms with Gasteiger partial charge in [0.15, 0.2) is 0 Å². The van der Waals surface area contributed by atoms with Crippen LogP contribution < -0.4 is 0 Å². The third-order valence-electron chi connectivity index (χ3n) is 4.39. The van der Waals surface area contributed by atoms with Crippen molar-refractivity contribution in [1.29, 1.82) is 0 Å². The second-order valence-electron chi connectivity index (χ2n) is 6.50. The smallest absolute Gasteiger partial charge is 0.329 e. The minimum Gasteiger partial charge on any atom is -0.464 e. The molecular formula is C21H22ClNO3S. The van der Waals surface area contributed by atoms with E-state index in [2.05, 4.69) is 0 Å². The molecule has 1 heterocycles. The summed E-state index contributed by atoms with van der Waals surface area (Å²) >= 11 is 7.70. The Morgan fingerprint density at radius 3 is 2.63 bits per heavy atom. The van der Waals surface area contributed by atoms with Gasteiger partial charge in [-0.05, 0) is 43.2 Å². The first kappa shape index (κ1) is 19.8. The molecule has 0 N–H and O–H groups in total. The number of hydrogen-bond donors (Lipinski definition) is 0. The van der Waals surface area contributed by atoms with Gasteiger partial charge in [0.1, 0.15) is 11.4 Å². The number of halogens is 1. The molecule has 142 valence electrons. The Bertz CT molecular complexity index is 824. The summed E-state index contributed by atoms with van der Waals surface area (Å²) in [5.74, 6) is -0.0325. The number of hydrogen-bond acceptors (Lipinski definition) is 4. The maximum absolute atomic E-state index is 13.3. The Morgan fingerprint density at radius 2 is 1.96 bits per heavy atom. The topological polar surface area (TPSA) is 46.6 Å². The second kappa shape index (κ2) is 8.81. The molecule has 0 aliphatic carbocycles. The number of thioether (sulfide) groups is 1. The lowest BCUT2D eigenvalue weighted by atomic mass is 10.1. The largest absolute Gasteiger partial charge is 0.464 e. The monoisotopic (exact) mass is 403 g/mol. The molecule has 4 nitrogen and oxygen atoms in total. The van der Waals surface area contributed by atoms with Gasteiger partial charge in [0, 0.05) is 16.3 Å². The summed E-state index contributed by atoms with van der Waals surface area (Å²) < 4.78 is 5.35. The van der Waals surface area contributed by atoms with Crippen molar-refractivity contribution < 1.29 is 14.3 Å². The second-order valence-corrected chi connectivity index (χ2v) is 8.05. The number of amides is 1. The minimum absolute atomic E-state index is 0.177. The highest BCUT2D eigenvalue weighted by Gasteiger charge is 2.43. The van der Waals surface area contributed by atoms with E-state index in [4.69, 9.17) is 16.3 Å². The summed E-state index contributed by atoms with van der Waals surface area (Å²) in [5.41, 5.74) is 2.54. The summed E-state index contributed by atoms with van der Waals surface area (Å²) in [6.45, 7) is 4.27. The molecule has 2 unspecified atom stereocenters. The van der Waals surface area contributed by atoms with Crippen molar-refractivity contribution in [2.75, 3.05) is 12.4 Å². The third kappa shape index (κ3) is 4.47. The number of carbonyl (C=O) groups excluding carboxylic acids is 2. The van der Waals surface area contributed by atoms with Crippen molar-refractivity contribution in [3.05, 3.63) is 70.2 Å². The van der Waals surface area contributed by atoms with Gasteiger partial charge in [0.25, 0.3) is 5.91 Å². The molecule has 27 heavy (non-hydrogen) atoms. The first-order valence-corrected chi connectivity index (χ1v) is 10.4. The highest BCUT2D eigenvalue weighted by Crippen LogP contribution is 2.43. The van der Waals surface area contributed by atoms with Crippen LogP contribution in [0.25, 0.3) is 0 Å². The zero-order valence-electron chi connectivity index (χ0n) is 15.4. The molecule has 2 atom stereocenters. The van der Waals surface area contributed by atoms with Crippen LogP contribution in [-0.4, -0.2) is 35.2 Å². The third-order valence-corrected chi connectivity index (χ3v) is 5.95. The van der Waals surface area contributed by atoms with Crippen LogP contribution >= 0.6 is 23.4 Å². The molecule has 3 rings (SSSR count). The van der Waals surface area contributed by atoms with Crippen molar-refractivity contribution in [2.24, 2.45) is 0 Å². The van der Waals surface area contributed by atoms with E-state index >= 15 is 0 Å². The molecule has 1 aliphatic rings. The Kier molecular flexibility index (Phi) is 6.45. The first-order chi connectivity index (χ1) is 13.0. The summed E-state index contributed by atoms with van der Waals surface area (Å²) in [6, 6.07) is 14.2.